The molecule has 1 aromatic heterocycles. The number of methoxy groups -OCH3 is 1. The van der Waals surface area contributed by atoms with E-state index in [2.05, 4.69) is 27.9 Å². The van der Waals surface area contributed by atoms with E-state index < -0.39 is 0 Å². The predicted molar refractivity (Wildman–Crippen MR) is 66.7 cm³/mol. The zero-order chi connectivity index (χ0) is 10.7. The molecule has 1 heterocycles. The van der Waals surface area contributed by atoms with Gasteiger partial charge in [0, 0.05) is 13.7 Å². The number of hydrogen-bond acceptors (Lipinski definition) is 3. The summed E-state index contributed by atoms with van der Waals surface area (Å²) in [6.45, 7) is 1.70. The molecule has 1 aliphatic rings. The van der Waals surface area contributed by atoms with Gasteiger partial charge in [-0.05, 0) is 54.0 Å². The van der Waals surface area contributed by atoms with Crippen LogP contribution in [-0.2, 0) is 11.3 Å². The minimum Gasteiger partial charge on any atom is -0.454 e. The third-order valence-corrected chi connectivity index (χ3v) is 3.65. The third-order valence-electron chi connectivity index (χ3n) is 3.07. The van der Waals surface area contributed by atoms with Crippen molar-refractivity contribution in [2.45, 2.75) is 31.4 Å². The van der Waals surface area contributed by atoms with Gasteiger partial charge in [-0.25, -0.2) is 0 Å². The lowest BCUT2D eigenvalue weighted by Crippen LogP contribution is -2.47. The summed E-state index contributed by atoms with van der Waals surface area (Å²) < 4.78 is 11.9. The normalized spacial score (nSPS) is 18.8. The summed E-state index contributed by atoms with van der Waals surface area (Å²) in [4.78, 5) is 0. The molecular weight excluding hydrogens is 305 g/mol. The van der Waals surface area contributed by atoms with Crippen molar-refractivity contribution in [2.75, 3.05) is 13.7 Å². The van der Waals surface area contributed by atoms with Gasteiger partial charge in [0.2, 0.25) is 0 Å². The molecule has 0 saturated heterocycles. The molecule has 0 unspecified atom stereocenters. The minimum atomic E-state index is 0.0970. The molecule has 1 N–H and O–H groups in total. The number of halogens is 1. The van der Waals surface area contributed by atoms with Crippen molar-refractivity contribution in [2.24, 2.45) is 0 Å². The lowest BCUT2D eigenvalue weighted by molar-refractivity contribution is -0.0697. The molecular formula is C11H16INO2. The van der Waals surface area contributed by atoms with E-state index in [1.54, 1.807) is 7.11 Å². The maximum Gasteiger partial charge on any atom is 0.164 e. The summed E-state index contributed by atoms with van der Waals surface area (Å²) in [5.41, 5.74) is 0.0970. The van der Waals surface area contributed by atoms with Crippen molar-refractivity contribution >= 4 is 22.6 Å². The zero-order valence-electron chi connectivity index (χ0n) is 8.88. The van der Waals surface area contributed by atoms with Crippen LogP contribution in [0, 0.1) is 3.77 Å². The average Bonchev–Trinajstić information content (AvgIpc) is 2.56. The highest BCUT2D eigenvalue weighted by molar-refractivity contribution is 14.1. The third kappa shape index (κ3) is 2.73. The Kier molecular flexibility index (Phi) is 3.69. The SMILES string of the molecule is COC1(CNCc2ccc(I)o2)CCC1. The minimum absolute atomic E-state index is 0.0970. The summed E-state index contributed by atoms with van der Waals surface area (Å²) in [5, 5.41) is 3.39. The van der Waals surface area contributed by atoms with Crippen LogP contribution >= 0.6 is 22.6 Å². The van der Waals surface area contributed by atoms with Gasteiger partial charge < -0.3 is 14.5 Å². The first-order valence-electron chi connectivity index (χ1n) is 5.24. The summed E-state index contributed by atoms with van der Waals surface area (Å²) in [6.07, 6.45) is 3.63. The second-order valence-corrected chi connectivity index (χ2v) is 5.11. The van der Waals surface area contributed by atoms with Crippen molar-refractivity contribution in [3.63, 3.8) is 0 Å². The molecule has 3 nitrogen and oxygen atoms in total. The van der Waals surface area contributed by atoms with Crippen LogP contribution in [0.5, 0.6) is 0 Å². The highest BCUT2D eigenvalue weighted by Gasteiger charge is 2.36. The van der Waals surface area contributed by atoms with Crippen LogP contribution in [-0.4, -0.2) is 19.3 Å². The van der Waals surface area contributed by atoms with Gasteiger partial charge in [0.25, 0.3) is 0 Å². The summed E-state index contributed by atoms with van der Waals surface area (Å²) in [7, 11) is 1.80. The standard InChI is InChI=1S/C11H16INO2/c1-14-11(5-2-6-11)8-13-7-9-3-4-10(12)15-9/h3-4,13H,2,5-8H2,1H3. The highest BCUT2D eigenvalue weighted by Crippen LogP contribution is 2.34. The van der Waals surface area contributed by atoms with Crippen LogP contribution in [0.25, 0.3) is 0 Å². The number of rotatable bonds is 5. The van der Waals surface area contributed by atoms with E-state index in [1.807, 2.05) is 12.1 Å². The maximum absolute atomic E-state index is 5.52. The second kappa shape index (κ2) is 4.84. The van der Waals surface area contributed by atoms with E-state index in [9.17, 15) is 0 Å². The van der Waals surface area contributed by atoms with Gasteiger partial charge >= 0.3 is 0 Å². The van der Waals surface area contributed by atoms with Crippen LogP contribution < -0.4 is 5.32 Å². The molecule has 1 fully saturated rings. The first-order chi connectivity index (χ1) is 7.24. The molecule has 0 bridgehead atoms. The quantitative estimate of drug-likeness (QED) is 0.847. The van der Waals surface area contributed by atoms with Crippen LogP contribution in [0.15, 0.2) is 16.5 Å². The van der Waals surface area contributed by atoms with Crippen LogP contribution in [0.2, 0.25) is 0 Å². The van der Waals surface area contributed by atoms with Gasteiger partial charge in [0.15, 0.2) is 3.77 Å². The topological polar surface area (TPSA) is 34.4 Å². The summed E-state index contributed by atoms with van der Waals surface area (Å²) in [6, 6.07) is 3.99. The number of ether oxygens (including phenoxy) is 1. The molecule has 0 atom stereocenters. The van der Waals surface area contributed by atoms with Gasteiger partial charge in [-0.3, -0.25) is 0 Å². The Morgan fingerprint density at radius 3 is 2.80 bits per heavy atom. The van der Waals surface area contributed by atoms with E-state index in [-0.39, 0.29) is 5.60 Å². The lowest BCUT2D eigenvalue weighted by Gasteiger charge is -2.40. The predicted octanol–water partition coefficient (Wildman–Crippen LogP) is 2.54. The molecule has 84 valence electrons. The lowest BCUT2D eigenvalue weighted by atomic mass is 9.80. The number of nitrogens with one attached hydrogen (secondary N) is 1. The molecule has 0 aliphatic heterocycles. The Morgan fingerprint density at radius 2 is 2.33 bits per heavy atom. The van der Waals surface area contributed by atoms with E-state index >= 15 is 0 Å². The molecule has 0 aromatic carbocycles. The van der Waals surface area contributed by atoms with Crippen LogP contribution in [0.1, 0.15) is 25.0 Å². The van der Waals surface area contributed by atoms with Crippen molar-refractivity contribution in [3.05, 3.63) is 21.7 Å². The van der Waals surface area contributed by atoms with E-state index in [4.69, 9.17) is 9.15 Å². The van der Waals surface area contributed by atoms with Gasteiger partial charge in [-0.1, -0.05) is 0 Å². The summed E-state index contributed by atoms with van der Waals surface area (Å²) >= 11 is 2.18. The Labute approximate surface area is 104 Å². The van der Waals surface area contributed by atoms with Gasteiger partial charge in [0.05, 0.1) is 12.1 Å². The number of hydrogen-bond donors (Lipinski definition) is 1. The molecule has 0 radical (unpaired) electrons. The highest BCUT2D eigenvalue weighted by atomic mass is 127. The van der Waals surface area contributed by atoms with Crippen molar-refractivity contribution in [3.8, 4) is 0 Å². The second-order valence-electron chi connectivity index (χ2n) is 4.05. The Balaban J connectivity index is 1.74. The Bertz CT molecular complexity index is 315. The smallest absolute Gasteiger partial charge is 0.164 e. The molecule has 4 heteroatoms. The van der Waals surface area contributed by atoms with Crippen molar-refractivity contribution < 1.29 is 9.15 Å². The number of furan rings is 1. The molecule has 1 aromatic rings. The Hall–Kier alpha value is -0.0700. The van der Waals surface area contributed by atoms with E-state index in [0.717, 1.165) is 22.6 Å². The fourth-order valence-corrected chi connectivity index (χ4v) is 2.35. The molecule has 2 rings (SSSR count). The first-order valence-corrected chi connectivity index (χ1v) is 6.32. The largest absolute Gasteiger partial charge is 0.454 e. The van der Waals surface area contributed by atoms with Gasteiger partial charge in [0.1, 0.15) is 5.76 Å². The van der Waals surface area contributed by atoms with Crippen molar-refractivity contribution in [1.29, 1.82) is 0 Å². The monoisotopic (exact) mass is 321 g/mol. The zero-order valence-corrected chi connectivity index (χ0v) is 11.0. The van der Waals surface area contributed by atoms with Crippen molar-refractivity contribution in [1.82, 2.24) is 5.32 Å². The first kappa shape index (κ1) is 11.4. The van der Waals surface area contributed by atoms with Crippen LogP contribution in [0.3, 0.4) is 0 Å². The molecule has 1 aliphatic carbocycles. The average molecular weight is 321 g/mol. The fourth-order valence-electron chi connectivity index (χ4n) is 1.88. The van der Waals surface area contributed by atoms with Gasteiger partial charge in [-0.15, -0.1) is 0 Å². The fraction of sp³-hybridized carbons (Fsp3) is 0.636. The molecule has 1 saturated carbocycles. The summed E-state index contributed by atoms with van der Waals surface area (Å²) in [5.74, 6) is 0.991. The maximum atomic E-state index is 5.52. The molecule has 0 amide bonds. The van der Waals surface area contributed by atoms with E-state index in [1.165, 1.54) is 19.3 Å². The van der Waals surface area contributed by atoms with Gasteiger partial charge in [-0.2, -0.15) is 0 Å². The van der Waals surface area contributed by atoms with Crippen LogP contribution in [0.4, 0.5) is 0 Å². The molecule has 0 spiro atoms. The molecule has 15 heavy (non-hydrogen) atoms. The Morgan fingerprint density at radius 1 is 1.53 bits per heavy atom. The van der Waals surface area contributed by atoms with E-state index in [0.29, 0.717) is 0 Å².